The normalized spacial score (nSPS) is 15.3. The maximum Gasteiger partial charge on any atom is 0.337 e. The van der Waals surface area contributed by atoms with Crippen molar-refractivity contribution < 1.29 is 0 Å². The van der Waals surface area contributed by atoms with E-state index in [-0.39, 0.29) is 30.3 Å². The smallest absolute Gasteiger partial charge is 0.337 e. The van der Waals surface area contributed by atoms with Crippen LogP contribution < -0.4 is 21.9 Å². The molecule has 4 heterocycles. The number of hydrogen-bond acceptors (Lipinski definition) is 7. The highest BCUT2D eigenvalue weighted by atomic mass is 16.2. The number of fused-ring (bicyclic) bond motifs is 1. The van der Waals surface area contributed by atoms with E-state index in [1.807, 2.05) is 24.3 Å². The highest BCUT2D eigenvalue weighted by Crippen LogP contribution is 2.24. The number of nitriles is 1. The molecular weight excluding hydrogens is 468 g/mol. The molecule has 186 valence electrons. The minimum Gasteiger partial charge on any atom is -0.341 e. The molecule has 1 aliphatic rings. The molecule has 1 aliphatic heterocycles. The fourth-order valence-corrected chi connectivity index (χ4v) is 4.66. The van der Waals surface area contributed by atoms with E-state index in [0.717, 1.165) is 24.0 Å². The summed E-state index contributed by atoms with van der Waals surface area (Å²) in [5.41, 5.74) is 7.29. The van der Waals surface area contributed by atoms with E-state index >= 15 is 0 Å². The monoisotopic (exact) mass is 494 g/mol. The highest BCUT2D eigenvalue weighted by molar-refractivity contribution is 5.76. The molecule has 0 radical (unpaired) electrons. The zero-order chi connectivity index (χ0) is 25.9. The molecule has 10 nitrogen and oxygen atoms in total. The lowest BCUT2D eigenvalue weighted by Crippen LogP contribution is -2.44. The van der Waals surface area contributed by atoms with Gasteiger partial charge in [0, 0.05) is 25.3 Å². The molecule has 0 amide bonds. The average Bonchev–Trinajstić information content (AvgIpc) is 3.30. The highest BCUT2D eigenvalue weighted by Gasteiger charge is 2.27. The van der Waals surface area contributed by atoms with E-state index in [1.165, 1.54) is 10.8 Å². The second-order valence-corrected chi connectivity index (χ2v) is 8.94. The first-order valence-electron chi connectivity index (χ1n) is 12.1. The van der Waals surface area contributed by atoms with Gasteiger partial charge in [-0.25, -0.2) is 9.36 Å². The maximum absolute atomic E-state index is 13.9. The van der Waals surface area contributed by atoms with Gasteiger partial charge in [-0.3, -0.25) is 18.9 Å². The van der Waals surface area contributed by atoms with E-state index in [0.29, 0.717) is 29.4 Å². The first-order valence-corrected chi connectivity index (χ1v) is 12.1. The standard InChI is InChI=1S/C27H26N8O2/c1-2-3-14-33-23-24(31-26(33)32-13-7-8-20(29)17-32)35(22-9-5-4-6-10-22)27(37)34(25(23)36)18-21-12-11-19(15-28)16-30-21/h4-6,9-12,16,20H,7-8,13-14,17-18,29H2,1H3. The van der Waals surface area contributed by atoms with Crippen molar-refractivity contribution in [3.05, 3.63) is 80.8 Å². The zero-order valence-corrected chi connectivity index (χ0v) is 20.5. The van der Waals surface area contributed by atoms with Crippen LogP contribution in [-0.2, 0) is 13.1 Å². The predicted octanol–water partition coefficient (Wildman–Crippen LogP) is 1.61. The van der Waals surface area contributed by atoms with Crippen LogP contribution in [0.2, 0.25) is 0 Å². The third kappa shape index (κ3) is 4.51. The third-order valence-corrected chi connectivity index (χ3v) is 6.45. The Morgan fingerprint density at radius 3 is 2.62 bits per heavy atom. The number of nitrogens with zero attached hydrogens (tertiary/aromatic N) is 7. The van der Waals surface area contributed by atoms with E-state index in [4.69, 9.17) is 16.0 Å². The van der Waals surface area contributed by atoms with Crippen LogP contribution in [0.4, 0.5) is 5.95 Å². The third-order valence-electron chi connectivity index (χ3n) is 6.45. The van der Waals surface area contributed by atoms with Crippen molar-refractivity contribution in [1.82, 2.24) is 23.7 Å². The Balaban J connectivity index is 1.80. The summed E-state index contributed by atoms with van der Waals surface area (Å²) in [5, 5.41) is 9.08. The van der Waals surface area contributed by atoms with Gasteiger partial charge in [0.15, 0.2) is 11.2 Å². The number of aromatic nitrogens is 5. The summed E-state index contributed by atoms with van der Waals surface area (Å²) in [4.78, 5) is 38.9. The molecule has 0 aliphatic carbocycles. The summed E-state index contributed by atoms with van der Waals surface area (Å²) < 4.78 is 4.41. The predicted molar refractivity (Wildman–Crippen MR) is 141 cm³/mol. The van der Waals surface area contributed by atoms with Crippen molar-refractivity contribution in [3.8, 4) is 23.6 Å². The van der Waals surface area contributed by atoms with E-state index in [9.17, 15) is 9.59 Å². The number of anilines is 1. The van der Waals surface area contributed by atoms with Crippen LogP contribution in [0, 0.1) is 23.2 Å². The second kappa shape index (κ2) is 10.1. The van der Waals surface area contributed by atoms with Gasteiger partial charge in [-0.15, -0.1) is 5.92 Å². The first kappa shape index (κ1) is 24.0. The van der Waals surface area contributed by atoms with Gasteiger partial charge in [-0.05, 0) is 44.0 Å². The molecule has 1 aromatic carbocycles. The van der Waals surface area contributed by atoms with Crippen LogP contribution in [0.3, 0.4) is 0 Å². The van der Waals surface area contributed by atoms with Crippen molar-refractivity contribution >= 4 is 17.1 Å². The number of pyridine rings is 1. The van der Waals surface area contributed by atoms with E-state index < -0.39 is 11.2 Å². The van der Waals surface area contributed by atoms with Gasteiger partial charge >= 0.3 is 5.69 Å². The van der Waals surface area contributed by atoms with Gasteiger partial charge in [0.25, 0.3) is 5.56 Å². The minimum absolute atomic E-state index is 0.00491. The summed E-state index contributed by atoms with van der Waals surface area (Å²) in [6.07, 6.45) is 3.25. The molecule has 2 N–H and O–H groups in total. The summed E-state index contributed by atoms with van der Waals surface area (Å²) >= 11 is 0. The SMILES string of the molecule is CC#CCn1c(N2CCCC(N)C2)nc2c1c(=O)n(Cc1ccc(C#N)cn1)c(=O)n2-c1ccccc1. The summed E-state index contributed by atoms with van der Waals surface area (Å²) in [6, 6.07) is 14.4. The Labute approximate surface area is 213 Å². The lowest BCUT2D eigenvalue weighted by molar-refractivity contribution is 0.496. The van der Waals surface area contributed by atoms with Crippen molar-refractivity contribution in [3.63, 3.8) is 0 Å². The van der Waals surface area contributed by atoms with Gasteiger partial charge in [0.05, 0.1) is 30.0 Å². The number of hydrogen-bond donors (Lipinski definition) is 1. The molecule has 10 heteroatoms. The van der Waals surface area contributed by atoms with Crippen LogP contribution in [0.5, 0.6) is 0 Å². The fraction of sp³-hybridized carbons (Fsp3) is 0.296. The summed E-state index contributed by atoms with van der Waals surface area (Å²) in [6.45, 7) is 3.27. The Kier molecular flexibility index (Phi) is 6.59. The Morgan fingerprint density at radius 1 is 1.14 bits per heavy atom. The average molecular weight is 495 g/mol. The molecule has 1 unspecified atom stereocenters. The topological polar surface area (TPSA) is 128 Å². The molecule has 0 saturated carbocycles. The van der Waals surface area contributed by atoms with Crippen molar-refractivity contribution in [1.29, 1.82) is 5.26 Å². The molecule has 0 spiro atoms. The number of nitrogens with two attached hydrogens (primary N) is 1. The molecule has 1 saturated heterocycles. The summed E-state index contributed by atoms with van der Waals surface area (Å²) in [5.74, 6) is 6.52. The molecule has 1 atom stereocenters. The number of benzene rings is 1. The number of piperidine rings is 1. The quantitative estimate of drug-likeness (QED) is 0.418. The molecule has 3 aromatic heterocycles. The lowest BCUT2D eigenvalue weighted by Gasteiger charge is -2.31. The van der Waals surface area contributed by atoms with Crippen LogP contribution in [0.15, 0.2) is 58.3 Å². The number of rotatable bonds is 5. The molecule has 37 heavy (non-hydrogen) atoms. The fourth-order valence-electron chi connectivity index (χ4n) is 4.66. The van der Waals surface area contributed by atoms with Crippen molar-refractivity contribution in [2.24, 2.45) is 5.73 Å². The first-order chi connectivity index (χ1) is 18.0. The maximum atomic E-state index is 13.9. The Morgan fingerprint density at radius 2 is 1.95 bits per heavy atom. The molecular formula is C27H26N8O2. The zero-order valence-electron chi connectivity index (χ0n) is 20.5. The van der Waals surface area contributed by atoms with E-state index in [2.05, 4.69) is 21.7 Å². The van der Waals surface area contributed by atoms with Crippen molar-refractivity contribution in [2.45, 2.75) is 38.9 Å². The summed E-state index contributed by atoms with van der Waals surface area (Å²) in [7, 11) is 0. The molecule has 1 fully saturated rings. The molecule has 0 bridgehead atoms. The van der Waals surface area contributed by atoms with Crippen LogP contribution in [0.25, 0.3) is 16.9 Å². The molecule has 5 rings (SSSR count). The van der Waals surface area contributed by atoms with Gasteiger partial charge in [-0.1, -0.05) is 24.1 Å². The number of imidazole rings is 1. The Hall–Kier alpha value is -4.67. The Bertz CT molecular complexity index is 1660. The second-order valence-electron chi connectivity index (χ2n) is 8.94. The molecule has 4 aromatic rings. The van der Waals surface area contributed by atoms with Crippen LogP contribution >= 0.6 is 0 Å². The van der Waals surface area contributed by atoms with Gasteiger partial charge in [-0.2, -0.15) is 10.2 Å². The van der Waals surface area contributed by atoms with Gasteiger partial charge in [0.1, 0.15) is 6.07 Å². The van der Waals surface area contributed by atoms with E-state index in [1.54, 1.807) is 35.8 Å². The largest absolute Gasteiger partial charge is 0.341 e. The van der Waals surface area contributed by atoms with Crippen molar-refractivity contribution in [2.75, 3.05) is 18.0 Å². The minimum atomic E-state index is -0.525. The van der Waals surface area contributed by atoms with Gasteiger partial charge in [0.2, 0.25) is 5.95 Å². The van der Waals surface area contributed by atoms with Crippen LogP contribution in [-0.4, -0.2) is 42.8 Å². The number of para-hydroxylation sites is 1. The van der Waals surface area contributed by atoms with Gasteiger partial charge < -0.3 is 10.6 Å². The van der Waals surface area contributed by atoms with Crippen LogP contribution in [0.1, 0.15) is 31.0 Å². The lowest BCUT2D eigenvalue weighted by atomic mass is 10.1.